The van der Waals surface area contributed by atoms with E-state index in [0.717, 1.165) is 28.9 Å². The first kappa shape index (κ1) is 17.3. The van der Waals surface area contributed by atoms with E-state index >= 15 is 0 Å². The summed E-state index contributed by atoms with van der Waals surface area (Å²) in [5.41, 5.74) is 4.76. The van der Waals surface area contributed by atoms with E-state index < -0.39 is 0 Å². The Morgan fingerprint density at radius 2 is 2.11 bits per heavy atom. The van der Waals surface area contributed by atoms with E-state index in [4.69, 9.17) is 14.0 Å². The number of rotatable bonds is 5. The van der Waals surface area contributed by atoms with Crippen LogP contribution in [0.5, 0.6) is 5.75 Å². The summed E-state index contributed by atoms with van der Waals surface area (Å²) in [6.45, 7) is 4.15. The number of aromatic nitrogens is 1. The summed E-state index contributed by atoms with van der Waals surface area (Å²) in [6, 6.07) is 15.6. The first-order valence-electron chi connectivity index (χ1n) is 9.03. The van der Waals surface area contributed by atoms with Crippen molar-refractivity contribution in [2.24, 2.45) is 0 Å². The number of carbonyl (C=O) groups is 1. The Hall–Kier alpha value is -3.08. The molecule has 27 heavy (non-hydrogen) atoms. The fourth-order valence-electron chi connectivity index (χ4n) is 3.29. The molecule has 5 heteroatoms. The normalized spacial score (nSPS) is 15.3. The van der Waals surface area contributed by atoms with Crippen LogP contribution in [-0.2, 0) is 29.0 Å². The Morgan fingerprint density at radius 1 is 1.22 bits per heavy atom. The summed E-state index contributed by atoms with van der Waals surface area (Å²) in [7, 11) is 0. The smallest absolute Gasteiger partial charge is 0.310 e. The molecule has 1 aliphatic rings. The fraction of sp³-hybridized carbons (Fsp3) is 0.273. The van der Waals surface area contributed by atoms with Crippen LogP contribution in [0.15, 0.2) is 53.1 Å². The van der Waals surface area contributed by atoms with Crippen LogP contribution >= 0.6 is 0 Å². The van der Waals surface area contributed by atoms with Gasteiger partial charge in [-0.2, -0.15) is 0 Å². The molecule has 3 aromatic rings. The minimum atomic E-state index is -0.284. The third-order valence-corrected chi connectivity index (χ3v) is 4.55. The number of esters is 1. The number of benzene rings is 2. The van der Waals surface area contributed by atoms with Gasteiger partial charge in [-0.3, -0.25) is 4.79 Å². The number of ether oxygens (including phenoxy) is 2. The monoisotopic (exact) mass is 363 g/mol. The van der Waals surface area contributed by atoms with Gasteiger partial charge in [-0.05, 0) is 43.2 Å². The van der Waals surface area contributed by atoms with Crippen LogP contribution in [-0.4, -0.2) is 17.2 Å². The summed E-state index contributed by atoms with van der Waals surface area (Å²) in [4.78, 5) is 12.0. The van der Waals surface area contributed by atoms with Gasteiger partial charge in [-0.15, -0.1) is 0 Å². The van der Waals surface area contributed by atoms with Crippen molar-refractivity contribution < 1.29 is 18.8 Å². The van der Waals surface area contributed by atoms with E-state index in [1.165, 1.54) is 5.56 Å². The molecule has 0 spiro atoms. The van der Waals surface area contributed by atoms with Crippen LogP contribution in [0.3, 0.4) is 0 Å². The summed E-state index contributed by atoms with van der Waals surface area (Å²) < 4.78 is 16.5. The van der Waals surface area contributed by atoms with Crippen LogP contribution in [0.2, 0.25) is 0 Å². The van der Waals surface area contributed by atoms with Crippen LogP contribution < -0.4 is 4.74 Å². The molecule has 0 bridgehead atoms. The zero-order valence-corrected chi connectivity index (χ0v) is 15.4. The lowest BCUT2D eigenvalue weighted by molar-refractivity contribution is -0.144. The van der Waals surface area contributed by atoms with Gasteiger partial charge in [0, 0.05) is 18.1 Å². The maximum absolute atomic E-state index is 12.0. The van der Waals surface area contributed by atoms with Gasteiger partial charge < -0.3 is 14.0 Å². The predicted octanol–water partition coefficient (Wildman–Crippen LogP) is 4.26. The van der Waals surface area contributed by atoms with Crippen molar-refractivity contribution in [2.45, 2.75) is 39.4 Å². The summed E-state index contributed by atoms with van der Waals surface area (Å²) >= 11 is 0. The maximum Gasteiger partial charge on any atom is 0.310 e. The van der Waals surface area contributed by atoms with E-state index in [0.29, 0.717) is 11.5 Å². The van der Waals surface area contributed by atoms with E-state index in [1.54, 1.807) is 6.07 Å². The molecule has 0 fully saturated rings. The minimum Gasteiger partial charge on any atom is -0.490 e. The Kier molecular flexibility index (Phi) is 4.67. The molecule has 2 heterocycles. The van der Waals surface area contributed by atoms with Crippen molar-refractivity contribution in [3.8, 4) is 17.1 Å². The van der Waals surface area contributed by atoms with Crippen LogP contribution in [0.1, 0.15) is 29.3 Å². The van der Waals surface area contributed by atoms with Gasteiger partial charge in [0.05, 0.1) is 6.42 Å². The molecule has 0 saturated heterocycles. The zero-order valence-electron chi connectivity index (χ0n) is 15.4. The molecule has 2 aromatic carbocycles. The summed E-state index contributed by atoms with van der Waals surface area (Å²) in [5, 5.41) is 4.01. The van der Waals surface area contributed by atoms with Gasteiger partial charge >= 0.3 is 5.97 Å². The van der Waals surface area contributed by atoms with Gasteiger partial charge in [-0.1, -0.05) is 35.0 Å². The van der Waals surface area contributed by atoms with Gasteiger partial charge in [-0.25, -0.2) is 0 Å². The molecule has 0 amide bonds. The molecule has 0 radical (unpaired) electrons. The highest BCUT2D eigenvalue weighted by Gasteiger charge is 2.20. The molecule has 138 valence electrons. The van der Waals surface area contributed by atoms with E-state index in [9.17, 15) is 4.79 Å². The highest BCUT2D eigenvalue weighted by Crippen LogP contribution is 2.33. The second-order valence-corrected chi connectivity index (χ2v) is 6.96. The molecule has 4 rings (SSSR count). The van der Waals surface area contributed by atoms with Gasteiger partial charge in [0.2, 0.25) is 0 Å². The number of hydrogen-bond donors (Lipinski definition) is 0. The molecule has 1 unspecified atom stereocenters. The van der Waals surface area contributed by atoms with Crippen molar-refractivity contribution in [2.75, 3.05) is 0 Å². The largest absolute Gasteiger partial charge is 0.490 e. The highest BCUT2D eigenvalue weighted by molar-refractivity contribution is 5.72. The molecule has 0 saturated carbocycles. The van der Waals surface area contributed by atoms with E-state index in [1.807, 2.05) is 43.3 Å². The van der Waals surface area contributed by atoms with Crippen LogP contribution in [0.4, 0.5) is 0 Å². The Morgan fingerprint density at radius 3 is 2.96 bits per heavy atom. The Bertz CT molecular complexity index is 976. The van der Waals surface area contributed by atoms with Gasteiger partial charge in [0.15, 0.2) is 5.76 Å². The van der Waals surface area contributed by atoms with Crippen molar-refractivity contribution in [3.05, 3.63) is 70.9 Å². The van der Waals surface area contributed by atoms with Crippen LogP contribution in [0.25, 0.3) is 11.3 Å². The molecule has 1 atom stereocenters. The SMILES string of the molecule is Cc1cccc(CC(=O)OCc2cc(-c3ccc4c(c3)CC(C)O4)on2)c1. The molecular weight excluding hydrogens is 342 g/mol. The number of carbonyl (C=O) groups excluding carboxylic acids is 1. The lowest BCUT2D eigenvalue weighted by atomic mass is 10.1. The Balaban J connectivity index is 1.37. The molecule has 5 nitrogen and oxygen atoms in total. The first-order valence-corrected chi connectivity index (χ1v) is 9.03. The van der Waals surface area contributed by atoms with E-state index in [2.05, 4.69) is 18.1 Å². The topological polar surface area (TPSA) is 61.6 Å². The average Bonchev–Trinajstić information content (AvgIpc) is 3.24. The minimum absolute atomic E-state index is 0.0965. The second-order valence-electron chi connectivity index (χ2n) is 6.96. The average molecular weight is 363 g/mol. The highest BCUT2D eigenvalue weighted by atomic mass is 16.5. The third kappa shape index (κ3) is 4.03. The quantitative estimate of drug-likeness (QED) is 0.634. The summed E-state index contributed by atoms with van der Waals surface area (Å²) in [5.74, 6) is 1.30. The number of hydrogen-bond acceptors (Lipinski definition) is 5. The second kappa shape index (κ2) is 7.27. The van der Waals surface area contributed by atoms with Crippen molar-refractivity contribution in [3.63, 3.8) is 0 Å². The van der Waals surface area contributed by atoms with Crippen LogP contribution in [0, 0.1) is 6.92 Å². The van der Waals surface area contributed by atoms with Gasteiger partial charge in [0.25, 0.3) is 0 Å². The molecule has 1 aromatic heterocycles. The first-order chi connectivity index (χ1) is 13.1. The lowest BCUT2D eigenvalue weighted by Crippen LogP contribution is -2.08. The lowest BCUT2D eigenvalue weighted by Gasteiger charge is -2.03. The molecule has 0 N–H and O–H groups in total. The van der Waals surface area contributed by atoms with Crippen molar-refractivity contribution in [1.29, 1.82) is 0 Å². The number of fused-ring (bicyclic) bond motifs is 1. The maximum atomic E-state index is 12.0. The zero-order chi connectivity index (χ0) is 18.8. The number of aryl methyl sites for hydroxylation is 1. The summed E-state index contributed by atoms with van der Waals surface area (Å²) in [6.07, 6.45) is 1.34. The fourth-order valence-corrected chi connectivity index (χ4v) is 3.29. The number of nitrogens with zero attached hydrogens (tertiary/aromatic N) is 1. The van der Waals surface area contributed by atoms with Crippen molar-refractivity contribution in [1.82, 2.24) is 5.16 Å². The van der Waals surface area contributed by atoms with E-state index in [-0.39, 0.29) is 25.1 Å². The molecular formula is C22H21NO4. The standard InChI is InChI=1S/C22H21NO4/c1-14-4-3-5-16(8-14)10-22(24)25-13-19-12-21(27-23-19)17-6-7-20-18(11-17)9-15(2)26-20/h3-8,11-12,15H,9-10,13H2,1-2H3. The van der Waals surface area contributed by atoms with Gasteiger partial charge in [0.1, 0.15) is 24.2 Å². The van der Waals surface area contributed by atoms with Crippen molar-refractivity contribution >= 4 is 5.97 Å². The molecule has 0 aliphatic carbocycles. The third-order valence-electron chi connectivity index (χ3n) is 4.55. The Labute approximate surface area is 157 Å². The predicted molar refractivity (Wildman–Crippen MR) is 100 cm³/mol. The molecule has 1 aliphatic heterocycles.